The summed E-state index contributed by atoms with van der Waals surface area (Å²) in [7, 11) is 3.95. The highest BCUT2D eigenvalue weighted by molar-refractivity contribution is 6.41. The van der Waals surface area contributed by atoms with E-state index in [2.05, 4.69) is 4.98 Å². The summed E-state index contributed by atoms with van der Waals surface area (Å²) in [6.45, 7) is 0. The van der Waals surface area contributed by atoms with Crippen molar-refractivity contribution in [1.82, 2.24) is 4.98 Å². The molecule has 0 radical (unpaired) electrons. The molecule has 9 heavy (non-hydrogen) atoms. The summed E-state index contributed by atoms with van der Waals surface area (Å²) in [5.74, 6) is 0.998. The topological polar surface area (TPSA) is 16.1 Å². The zero-order valence-electron chi connectivity index (χ0n) is 5.70. The lowest BCUT2D eigenvalue weighted by Crippen LogP contribution is -2.14. The Hall–Kier alpha value is -0.920. The van der Waals surface area contributed by atoms with Crippen molar-refractivity contribution in [3.05, 3.63) is 24.4 Å². The molecule has 0 fully saturated rings. The Labute approximate surface area is 56.8 Å². The maximum Gasteiger partial charge on any atom is 0.203 e. The van der Waals surface area contributed by atoms with Crippen LogP contribution in [0, 0.1) is 0 Å². The summed E-state index contributed by atoms with van der Waals surface area (Å²) in [6, 6.07) is 5.86. The van der Waals surface area contributed by atoms with E-state index < -0.39 is 0 Å². The minimum absolute atomic E-state index is 0.998. The van der Waals surface area contributed by atoms with E-state index in [4.69, 9.17) is 0 Å². The summed E-state index contributed by atoms with van der Waals surface area (Å²) >= 11 is 0. The smallest absolute Gasteiger partial charge is 0.203 e. The van der Waals surface area contributed by atoms with Crippen molar-refractivity contribution in [3.8, 4) is 0 Å². The van der Waals surface area contributed by atoms with Crippen LogP contribution in [0.2, 0.25) is 0 Å². The number of anilines is 1. The van der Waals surface area contributed by atoms with Crippen LogP contribution in [0.25, 0.3) is 0 Å². The lowest BCUT2D eigenvalue weighted by Gasteiger charge is -2.09. The van der Waals surface area contributed by atoms with Crippen molar-refractivity contribution in [2.24, 2.45) is 0 Å². The first-order valence-electron chi connectivity index (χ1n) is 2.89. The van der Waals surface area contributed by atoms with Gasteiger partial charge in [0.05, 0.1) is 0 Å². The number of nitrogens with zero attached hydrogens (tertiary/aromatic N) is 2. The van der Waals surface area contributed by atoms with Crippen LogP contribution in [0.15, 0.2) is 24.4 Å². The molecule has 1 aromatic heterocycles. The average Bonchev–Trinajstić information content (AvgIpc) is 1.90. The second-order valence-electron chi connectivity index (χ2n) is 2.08. The third kappa shape index (κ3) is 1.49. The molecule has 2 nitrogen and oxygen atoms in total. The lowest BCUT2D eigenvalue weighted by molar-refractivity contribution is 1.30. The van der Waals surface area contributed by atoms with E-state index in [-0.39, 0.29) is 0 Å². The molecule has 0 bridgehead atoms. The van der Waals surface area contributed by atoms with Crippen LogP contribution < -0.4 is 4.72 Å². The standard InChI is InChI=1S/C5H8B2N2/c6-9(7)5-3-1-2-4-8-5/h1-4H,6-7H2. The summed E-state index contributed by atoms with van der Waals surface area (Å²) in [6.07, 6.45) is 1.79. The Morgan fingerprint density at radius 3 is 2.44 bits per heavy atom. The highest BCUT2D eigenvalue weighted by Crippen LogP contribution is 2.01. The Kier molecular flexibility index (Phi) is 1.78. The van der Waals surface area contributed by atoms with Gasteiger partial charge in [-0.1, -0.05) is 6.07 Å². The van der Waals surface area contributed by atoms with E-state index in [1.807, 2.05) is 38.9 Å². The second kappa shape index (κ2) is 2.58. The molecule has 0 aliphatic rings. The Morgan fingerprint density at radius 2 is 2.11 bits per heavy atom. The normalized spacial score (nSPS) is 8.89. The molecule has 0 spiro atoms. The van der Waals surface area contributed by atoms with Crippen molar-refractivity contribution in [2.75, 3.05) is 4.72 Å². The molecule has 0 N–H and O–H groups in total. The van der Waals surface area contributed by atoms with Crippen LogP contribution >= 0.6 is 0 Å². The van der Waals surface area contributed by atoms with Crippen LogP contribution in [0.3, 0.4) is 0 Å². The first-order chi connectivity index (χ1) is 4.30. The van der Waals surface area contributed by atoms with Crippen LogP contribution in [-0.4, -0.2) is 20.9 Å². The molecule has 1 aromatic rings. The van der Waals surface area contributed by atoms with Crippen molar-refractivity contribution in [1.29, 1.82) is 0 Å². The maximum atomic E-state index is 4.10. The van der Waals surface area contributed by atoms with E-state index >= 15 is 0 Å². The maximum absolute atomic E-state index is 4.10. The van der Waals surface area contributed by atoms with Crippen LogP contribution in [-0.2, 0) is 0 Å². The van der Waals surface area contributed by atoms with Crippen LogP contribution in [0.1, 0.15) is 0 Å². The summed E-state index contributed by atoms with van der Waals surface area (Å²) in [5, 5.41) is 0. The molecule has 0 saturated heterocycles. The highest BCUT2D eigenvalue weighted by Gasteiger charge is 1.89. The number of hydrogen-bond acceptors (Lipinski definition) is 2. The van der Waals surface area contributed by atoms with Gasteiger partial charge >= 0.3 is 0 Å². The first-order valence-corrected chi connectivity index (χ1v) is 2.89. The lowest BCUT2D eigenvalue weighted by atomic mass is 10.1. The molecule has 0 saturated carbocycles. The Bertz CT molecular complexity index is 176. The Balaban J connectivity index is 2.85. The molecule has 44 valence electrons. The van der Waals surface area contributed by atoms with Gasteiger partial charge in [0.2, 0.25) is 16.0 Å². The van der Waals surface area contributed by atoms with Gasteiger partial charge < -0.3 is 4.72 Å². The van der Waals surface area contributed by atoms with Crippen LogP contribution in [0.4, 0.5) is 5.82 Å². The van der Waals surface area contributed by atoms with Gasteiger partial charge in [0.25, 0.3) is 0 Å². The molecule has 1 heterocycles. The fourth-order valence-electron chi connectivity index (χ4n) is 0.618. The predicted octanol–water partition coefficient (Wildman–Crippen LogP) is -1.02. The van der Waals surface area contributed by atoms with Crippen molar-refractivity contribution < 1.29 is 0 Å². The van der Waals surface area contributed by atoms with E-state index in [1.54, 1.807) is 6.20 Å². The minimum Gasteiger partial charge on any atom is -0.457 e. The highest BCUT2D eigenvalue weighted by atomic mass is 15.0. The van der Waals surface area contributed by atoms with Crippen molar-refractivity contribution in [2.45, 2.75) is 0 Å². The molecule has 0 aromatic carbocycles. The third-order valence-electron chi connectivity index (χ3n) is 1.11. The zero-order chi connectivity index (χ0) is 6.69. The molecular weight excluding hydrogens is 110 g/mol. The first kappa shape index (κ1) is 6.20. The van der Waals surface area contributed by atoms with Gasteiger partial charge in [-0.25, -0.2) is 4.98 Å². The van der Waals surface area contributed by atoms with Crippen LogP contribution in [0.5, 0.6) is 0 Å². The number of aromatic nitrogens is 1. The monoisotopic (exact) mass is 118 g/mol. The van der Waals surface area contributed by atoms with Gasteiger partial charge in [-0.2, -0.15) is 0 Å². The number of hydrogen-bond donors (Lipinski definition) is 0. The minimum atomic E-state index is 0.998. The number of rotatable bonds is 1. The fourth-order valence-corrected chi connectivity index (χ4v) is 0.618. The number of pyridine rings is 1. The molecule has 0 unspecified atom stereocenters. The fraction of sp³-hybridized carbons (Fsp3) is 0. The zero-order valence-corrected chi connectivity index (χ0v) is 5.70. The quantitative estimate of drug-likeness (QED) is 0.438. The Morgan fingerprint density at radius 1 is 1.33 bits per heavy atom. The van der Waals surface area contributed by atoms with E-state index in [0.717, 1.165) is 5.82 Å². The van der Waals surface area contributed by atoms with Crippen molar-refractivity contribution >= 4 is 21.8 Å². The van der Waals surface area contributed by atoms with E-state index in [9.17, 15) is 0 Å². The van der Waals surface area contributed by atoms with Gasteiger partial charge in [-0.15, -0.1) is 0 Å². The largest absolute Gasteiger partial charge is 0.457 e. The van der Waals surface area contributed by atoms with E-state index in [1.165, 1.54) is 0 Å². The molecule has 0 aliphatic carbocycles. The van der Waals surface area contributed by atoms with Gasteiger partial charge in [0.1, 0.15) is 5.82 Å². The summed E-state index contributed by atoms with van der Waals surface area (Å²) in [4.78, 5) is 4.10. The van der Waals surface area contributed by atoms with Gasteiger partial charge in [-0.05, 0) is 12.1 Å². The van der Waals surface area contributed by atoms with E-state index in [0.29, 0.717) is 0 Å². The molecule has 1 rings (SSSR count). The molecule has 0 atom stereocenters. The predicted molar refractivity (Wildman–Crippen MR) is 43.8 cm³/mol. The van der Waals surface area contributed by atoms with Crippen molar-refractivity contribution in [3.63, 3.8) is 0 Å². The van der Waals surface area contributed by atoms with Gasteiger partial charge in [0.15, 0.2) is 0 Å². The molecule has 0 amide bonds. The average molecular weight is 118 g/mol. The summed E-state index contributed by atoms with van der Waals surface area (Å²) < 4.78 is 1.97. The van der Waals surface area contributed by atoms with Gasteiger partial charge in [0, 0.05) is 6.20 Å². The van der Waals surface area contributed by atoms with Gasteiger partial charge in [-0.3, -0.25) is 0 Å². The molecule has 0 aliphatic heterocycles. The third-order valence-corrected chi connectivity index (χ3v) is 1.11. The summed E-state index contributed by atoms with van der Waals surface area (Å²) in [5.41, 5.74) is 0. The SMILES string of the molecule is BN(B)c1ccccn1. The second-order valence-corrected chi connectivity index (χ2v) is 2.08. The molecule has 4 heteroatoms. The molecular formula is C5H8B2N2.